The van der Waals surface area contributed by atoms with Crippen molar-refractivity contribution in [1.82, 2.24) is 9.62 Å². The van der Waals surface area contributed by atoms with Crippen molar-refractivity contribution in [2.45, 2.75) is 11.3 Å². The van der Waals surface area contributed by atoms with E-state index in [-0.39, 0.29) is 23.4 Å². The molecule has 0 unspecified atom stereocenters. The zero-order valence-electron chi connectivity index (χ0n) is 11.2. The summed E-state index contributed by atoms with van der Waals surface area (Å²) in [5.41, 5.74) is 0.165. The summed E-state index contributed by atoms with van der Waals surface area (Å²) in [6.07, 6.45) is -0.193. The molecular weight excluding hydrogens is 284 g/mol. The number of hydrogen-bond donors (Lipinski definition) is 2. The van der Waals surface area contributed by atoms with Gasteiger partial charge in [-0.2, -0.15) is 0 Å². The molecule has 2 N–H and O–H groups in total. The van der Waals surface area contributed by atoms with Gasteiger partial charge in [-0.15, -0.1) is 0 Å². The minimum Gasteiger partial charge on any atom is -0.481 e. The number of amides is 1. The molecule has 1 aromatic rings. The summed E-state index contributed by atoms with van der Waals surface area (Å²) in [5.74, 6) is -1.53. The quantitative estimate of drug-likeness (QED) is 0.778. The van der Waals surface area contributed by atoms with Gasteiger partial charge in [0.15, 0.2) is 0 Å². The first-order valence-electron chi connectivity index (χ1n) is 5.77. The number of aliphatic carboxylic acids is 1. The van der Waals surface area contributed by atoms with E-state index in [0.29, 0.717) is 0 Å². The van der Waals surface area contributed by atoms with Crippen LogP contribution in [0.1, 0.15) is 16.8 Å². The molecule has 0 bridgehead atoms. The maximum absolute atomic E-state index is 11.9. The fourth-order valence-electron chi connectivity index (χ4n) is 1.39. The van der Waals surface area contributed by atoms with E-state index in [2.05, 4.69) is 5.32 Å². The summed E-state index contributed by atoms with van der Waals surface area (Å²) in [6.45, 7) is -0.0151. The first kappa shape index (κ1) is 16.1. The van der Waals surface area contributed by atoms with E-state index in [0.717, 1.165) is 4.31 Å². The normalized spacial score (nSPS) is 11.3. The number of rotatable bonds is 6. The predicted molar refractivity (Wildman–Crippen MR) is 71.9 cm³/mol. The van der Waals surface area contributed by atoms with Gasteiger partial charge in [0.2, 0.25) is 10.0 Å². The molecule has 1 rings (SSSR count). The zero-order chi connectivity index (χ0) is 15.3. The van der Waals surface area contributed by atoms with Crippen LogP contribution in [0.5, 0.6) is 0 Å². The summed E-state index contributed by atoms with van der Waals surface area (Å²) in [4.78, 5) is 22.1. The molecule has 0 fully saturated rings. The highest BCUT2D eigenvalue weighted by molar-refractivity contribution is 7.89. The lowest BCUT2D eigenvalue weighted by Gasteiger charge is -2.12. The molecule has 0 radical (unpaired) electrons. The van der Waals surface area contributed by atoms with Crippen LogP contribution >= 0.6 is 0 Å². The molecule has 20 heavy (non-hydrogen) atoms. The van der Waals surface area contributed by atoms with Gasteiger partial charge in [0.25, 0.3) is 5.91 Å². The second kappa shape index (κ2) is 6.49. The van der Waals surface area contributed by atoms with Crippen molar-refractivity contribution in [3.63, 3.8) is 0 Å². The molecule has 0 saturated heterocycles. The van der Waals surface area contributed by atoms with Crippen LogP contribution in [-0.2, 0) is 14.8 Å². The number of benzene rings is 1. The molecule has 7 nitrogen and oxygen atoms in total. The molecule has 110 valence electrons. The van der Waals surface area contributed by atoms with Gasteiger partial charge in [0.1, 0.15) is 0 Å². The van der Waals surface area contributed by atoms with E-state index >= 15 is 0 Å². The number of hydrogen-bond acceptors (Lipinski definition) is 4. The van der Waals surface area contributed by atoms with Crippen molar-refractivity contribution in [3.05, 3.63) is 29.8 Å². The average Bonchev–Trinajstić information content (AvgIpc) is 2.38. The van der Waals surface area contributed by atoms with Crippen LogP contribution in [0.2, 0.25) is 0 Å². The summed E-state index contributed by atoms with van der Waals surface area (Å²) in [7, 11) is -0.812. The molecule has 0 aliphatic carbocycles. The molecule has 0 aliphatic heterocycles. The molecule has 0 heterocycles. The number of nitrogens with one attached hydrogen (secondary N) is 1. The highest BCUT2D eigenvalue weighted by Crippen LogP contribution is 2.14. The molecular formula is C12H16N2O5S. The SMILES string of the molecule is CN(C)S(=O)(=O)c1cccc(C(=O)NCCC(=O)O)c1. The van der Waals surface area contributed by atoms with Gasteiger partial charge >= 0.3 is 5.97 Å². The first-order chi connectivity index (χ1) is 9.25. The molecule has 0 aliphatic rings. The number of carboxylic acid groups (broad SMARTS) is 1. The van der Waals surface area contributed by atoms with Crippen LogP contribution < -0.4 is 5.32 Å². The van der Waals surface area contributed by atoms with Crippen molar-refractivity contribution in [2.75, 3.05) is 20.6 Å². The van der Waals surface area contributed by atoms with Crippen LogP contribution in [0, 0.1) is 0 Å². The smallest absolute Gasteiger partial charge is 0.305 e. The maximum atomic E-state index is 11.9. The molecule has 1 amide bonds. The van der Waals surface area contributed by atoms with Crippen molar-refractivity contribution in [3.8, 4) is 0 Å². The Morgan fingerprint density at radius 3 is 2.50 bits per heavy atom. The summed E-state index contributed by atoms with van der Waals surface area (Å²) >= 11 is 0. The molecule has 0 saturated carbocycles. The molecule has 0 atom stereocenters. The van der Waals surface area contributed by atoms with Gasteiger partial charge < -0.3 is 10.4 Å². The monoisotopic (exact) mass is 300 g/mol. The lowest BCUT2D eigenvalue weighted by atomic mass is 10.2. The Balaban J connectivity index is 2.88. The van der Waals surface area contributed by atoms with Crippen LogP contribution in [0.15, 0.2) is 29.2 Å². The third-order valence-electron chi connectivity index (χ3n) is 2.50. The van der Waals surface area contributed by atoms with Crippen LogP contribution in [-0.4, -0.2) is 50.3 Å². The predicted octanol–water partition coefficient (Wildman–Crippen LogP) is 0.141. The van der Waals surface area contributed by atoms with E-state index in [1.165, 1.54) is 38.4 Å². The molecule has 1 aromatic carbocycles. The summed E-state index contributed by atoms with van der Waals surface area (Å²) < 4.78 is 24.9. The highest BCUT2D eigenvalue weighted by atomic mass is 32.2. The summed E-state index contributed by atoms with van der Waals surface area (Å²) in [6, 6.07) is 5.57. The van der Waals surface area contributed by atoms with Crippen LogP contribution in [0.25, 0.3) is 0 Å². The highest BCUT2D eigenvalue weighted by Gasteiger charge is 2.18. The van der Waals surface area contributed by atoms with Crippen molar-refractivity contribution in [1.29, 1.82) is 0 Å². The van der Waals surface area contributed by atoms with Crippen molar-refractivity contribution >= 4 is 21.9 Å². The van der Waals surface area contributed by atoms with E-state index in [1.54, 1.807) is 0 Å². The van der Waals surface area contributed by atoms with E-state index in [1.807, 2.05) is 0 Å². The van der Waals surface area contributed by atoms with E-state index < -0.39 is 21.9 Å². The number of carboxylic acids is 1. The van der Waals surface area contributed by atoms with Gasteiger partial charge in [-0.05, 0) is 18.2 Å². The van der Waals surface area contributed by atoms with Crippen LogP contribution in [0.4, 0.5) is 0 Å². The van der Waals surface area contributed by atoms with Gasteiger partial charge in [-0.3, -0.25) is 9.59 Å². The van der Waals surface area contributed by atoms with Crippen LogP contribution in [0.3, 0.4) is 0 Å². The standard InChI is InChI=1S/C12H16N2O5S/c1-14(2)20(18,19)10-5-3-4-9(8-10)12(17)13-7-6-11(15)16/h3-5,8H,6-7H2,1-2H3,(H,13,17)(H,15,16). The maximum Gasteiger partial charge on any atom is 0.305 e. The Morgan fingerprint density at radius 1 is 1.30 bits per heavy atom. The fraction of sp³-hybridized carbons (Fsp3) is 0.333. The molecule has 8 heteroatoms. The van der Waals surface area contributed by atoms with E-state index in [4.69, 9.17) is 5.11 Å². The Kier molecular flexibility index (Phi) is 5.23. The van der Waals surface area contributed by atoms with E-state index in [9.17, 15) is 18.0 Å². The molecule has 0 spiro atoms. The lowest BCUT2D eigenvalue weighted by molar-refractivity contribution is -0.136. The minimum absolute atomic E-state index is 0.00776. The first-order valence-corrected chi connectivity index (χ1v) is 7.21. The summed E-state index contributed by atoms with van der Waals surface area (Å²) in [5, 5.41) is 10.9. The number of carbonyl (C=O) groups excluding carboxylic acids is 1. The Labute approximate surface area is 117 Å². The lowest BCUT2D eigenvalue weighted by Crippen LogP contribution is -2.27. The largest absolute Gasteiger partial charge is 0.481 e. The molecule has 0 aromatic heterocycles. The zero-order valence-corrected chi connectivity index (χ0v) is 12.0. The third kappa shape index (κ3) is 4.04. The average molecular weight is 300 g/mol. The van der Waals surface area contributed by atoms with Crippen molar-refractivity contribution < 1.29 is 23.1 Å². The minimum atomic E-state index is -3.61. The Bertz CT molecular complexity index is 610. The second-order valence-corrected chi connectivity index (χ2v) is 6.37. The van der Waals surface area contributed by atoms with Gasteiger partial charge in [-0.1, -0.05) is 6.07 Å². The number of sulfonamides is 1. The number of nitrogens with zero attached hydrogens (tertiary/aromatic N) is 1. The van der Waals surface area contributed by atoms with Gasteiger partial charge in [-0.25, -0.2) is 12.7 Å². The van der Waals surface area contributed by atoms with Gasteiger partial charge in [0.05, 0.1) is 11.3 Å². The second-order valence-electron chi connectivity index (χ2n) is 4.21. The third-order valence-corrected chi connectivity index (χ3v) is 4.31. The number of carbonyl (C=O) groups is 2. The topological polar surface area (TPSA) is 104 Å². The van der Waals surface area contributed by atoms with Crippen molar-refractivity contribution in [2.24, 2.45) is 0 Å². The Morgan fingerprint density at radius 2 is 1.95 bits per heavy atom. The fourth-order valence-corrected chi connectivity index (χ4v) is 2.34. The van der Waals surface area contributed by atoms with Gasteiger partial charge in [0, 0.05) is 26.2 Å². The Hall–Kier alpha value is -1.93.